The van der Waals surface area contributed by atoms with Crippen LogP contribution in [0, 0.1) is 0 Å². The molecule has 0 spiro atoms. The quantitative estimate of drug-likeness (QED) is 0.491. The van der Waals surface area contributed by atoms with Crippen LogP contribution in [0.25, 0.3) is 0 Å². The molecule has 1 fully saturated rings. The summed E-state index contributed by atoms with van der Waals surface area (Å²) in [6.07, 6.45) is -1.02. The lowest BCUT2D eigenvalue weighted by atomic mass is 10.3. The van der Waals surface area contributed by atoms with E-state index in [-0.39, 0.29) is 31.2 Å². The van der Waals surface area contributed by atoms with Crippen molar-refractivity contribution in [2.24, 2.45) is 0 Å². The molecule has 2 N–H and O–H groups in total. The Morgan fingerprint density at radius 3 is 2.58 bits per heavy atom. The van der Waals surface area contributed by atoms with Gasteiger partial charge >= 0.3 is 0 Å². The summed E-state index contributed by atoms with van der Waals surface area (Å²) in [4.78, 5) is 22.9. The molecule has 1 unspecified atom stereocenters. The van der Waals surface area contributed by atoms with Crippen molar-refractivity contribution < 1.29 is 19.8 Å². The molecule has 0 aromatic rings. The van der Waals surface area contributed by atoms with Gasteiger partial charge in [0.15, 0.2) is 5.78 Å². The molecule has 1 atom stereocenters. The molecule has 0 aliphatic carbocycles. The van der Waals surface area contributed by atoms with E-state index in [4.69, 9.17) is 10.2 Å². The molecule has 1 aliphatic rings. The third kappa shape index (κ3) is 2.02. The lowest BCUT2D eigenvalue weighted by Crippen LogP contribution is -2.35. The molecule has 5 heteroatoms. The first-order valence-electron chi connectivity index (χ1n) is 3.72. The summed E-state index contributed by atoms with van der Waals surface area (Å²) in [6, 6.07) is 0. The molecular formula is C7H11NO4. The van der Waals surface area contributed by atoms with Crippen molar-refractivity contribution in [1.29, 1.82) is 0 Å². The highest BCUT2D eigenvalue weighted by Gasteiger charge is 2.28. The number of hydrogen-bond acceptors (Lipinski definition) is 4. The zero-order valence-corrected chi connectivity index (χ0v) is 6.56. The van der Waals surface area contributed by atoms with E-state index in [2.05, 4.69) is 0 Å². The molecule has 0 aromatic heterocycles. The van der Waals surface area contributed by atoms with Crippen LogP contribution in [0.5, 0.6) is 0 Å². The van der Waals surface area contributed by atoms with Crippen molar-refractivity contribution in [2.45, 2.75) is 12.5 Å². The Bertz CT molecular complexity index is 204. The maximum Gasteiger partial charge on any atom is 0.230 e. The van der Waals surface area contributed by atoms with E-state index in [9.17, 15) is 9.59 Å². The fourth-order valence-corrected chi connectivity index (χ4v) is 1.12. The Hall–Kier alpha value is -0.940. The number of rotatable bonds is 3. The molecule has 1 aliphatic heterocycles. The van der Waals surface area contributed by atoms with Crippen LogP contribution in [0.1, 0.15) is 6.42 Å². The fourth-order valence-electron chi connectivity index (χ4n) is 1.12. The summed E-state index contributed by atoms with van der Waals surface area (Å²) in [5, 5.41) is 17.4. The third-order valence-corrected chi connectivity index (χ3v) is 1.71. The average molecular weight is 173 g/mol. The standard InChI is InChI=1S/C7H11NO4/c9-4-6(11)3-8-2-5(10)1-7(8)12/h6,9,11H,1-4H2. The Morgan fingerprint density at radius 1 is 1.50 bits per heavy atom. The minimum Gasteiger partial charge on any atom is -0.394 e. The Kier molecular flexibility index (Phi) is 2.78. The number of carbonyl (C=O) groups excluding carboxylic acids is 2. The average Bonchev–Trinajstić information content (AvgIpc) is 2.30. The number of hydrogen-bond donors (Lipinski definition) is 2. The molecule has 12 heavy (non-hydrogen) atoms. The number of likely N-dealkylation sites (tertiary alicyclic amines) is 1. The van der Waals surface area contributed by atoms with Crippen LogP contribution < -0.4 is 0 Å². The largest absolute Gasteiger partial charge is 0.394 e. The van der Waals surface area contributed by atoms with Crippen molar-refractivity contribution in [3.63, 3.8) is 0 Å². The van der Waals surface area contributed by atoms with Gasteiger partial charge in [-0.25, -0.2) is 0 Å². The molecule has 1 amide bonds. The molecule has 0 saturated carbocycles. The van der Waals surface area contributed by atoms with Crippen LogP contribution in [-0.4, -0.2) is 52.6 Å². The van der Waals surface area contributed by atoms with Gasteiger partial charge in [0.05, 0.1) is 25.7 Å². The van der Waals surface area contributed by atoms with Crippen molar-refractivity contribution in [3.05, 3.63) is 0 Å². The molecule has 0 bridgehead atoms. The molecule has 0 radical (unpaired) electrons. The molecule has 5 nitrogen and oxygen atoms in total. The van der Waals surface area contributed by atoms with Gasteiger partial charge in [0, 0.05) is 6.54 Å². The highest BCUT2D eigenvalue weighted by molar-refractivity contribution is 6.05. The second-order valence-corrected chi connectivity index (χ2v) is 2.83. The SMILES string of the molecule is O=C1CC(=O)N(CC(O)CO)C1. The number of nitrogens with zero attached hydrogens (tertiary/aromatic N) is 1. The van der Waals surface area contributed by atoms with Crippen molar-refractivity contribution in [2.75, 3.05) is 19.7 Å². The van der Waals surface area contributed by atoms with Gasteiger partial charge in [-0.05, 0) is 0 Å². The zero-order chi connectivity index (χ0) is 9.14. The van der Waals surface area contributed by atoms with Crippen molar-refractivity contribution >= 4 is 11.7 Å². The van der Waals surface area contributed by atoms with Crippen LogP contribution in [-0.2, 0) is 9.59 Å². The van der Waals surface area contributed by atoms with Gasteiger partial charge in [0.25, 0.3) is 0 Å². The minimum absolute atomic E-state index is 0.0427. The minimum atomic E-state index is -0.945. The monoisotopic (exact) mass is 173 g/mol. The topological polar surface area (TPSA) is 77.8 Å². The molecule has 1 rings (SSSR count). The van der Waals surface area contributed by atoms with E-state index >= 15 is 0 Å². The first-order valence-corrected chi connectivity index (χ1v) is 3.72. The van der Waals surface area contributed by atoms with Gasteiger partial charge in [0.1, 0.15) is 0 Å². The van der Waals surface area contributed by atoms with Gasteiger partial charge in [-0.3, -0.25) is 9.59 Å². The summed E-state index contributed by atoms with van der Waals surface area (Å²) < 4.78 is 0. The highest BCUT2D eigenvalue weighted by atomic mass is 16.3. The van der Waals surface area contributed by atoms with Crippen LogP contribution in [0.4, 0.5) is 0 Å². The van der Waals surface area contributed by atoms with Gasteiger partial charge in [0.2, 0.25) is 5.91 Å². The van der Waals surface area contributed by atoms with Gasteiger partial charge < -0.3 is 15.1 Å². The normalized spacial score (nSPS) is 20.3. The number of β-amino-alcohol motifs (C(OH)–C–C–N with tert-alkyl or cyclic N) is 1. The maximum atomic E-state index is 10.9. The van der Waals surface area contributed by atoms with Gasteiger partial charge in [-0.2, -0.15) is 0 Å². The number of ketones is 1. The van der Waals surface area contributed by atoms with Gasteiger partial charge in [-0.1, -0.05) is 0 Å². The predicted octanol–water partition coefficient (Wildman–Crippen LogP) is -1.86. The second-order valence-electron chi connectivity index (χ2n) is 2.83. The fraction of sp³-hybridized carbons (Fsp3) is 0.714. The third-order valence-electron chi connectivity index (χ3n) is 1.71. The lowest BCUT2D eigenvalue weighted by Gasteiger charge is -2.17. The maximum absolute atomic E-state index is 10.9. The van der Waals surface area contributed by atoms with Crippen LogP contribution in [0.2, 0.25) is 0 Å². The molecule has 1 heterocycles. The predicted molar refractivity (Wildman–Crippen MR) is 39.3 cm³/mol. The number of amides is 1. The van der Waals surface area contributed by atoms with E-state index in [0.29, 0.717) is 0 Å². The van der Waals surface area contributed by atoms with Crippen LogP contribution in [0.15, 0.2) is 0 Å². The van der Waals surface area contributed by atoms with Crippen LogP contribution >= 0.6 is 0 Å². The first kappa shape index (κ1) is 9.15. The lowest BCUT2D eigenvalue weighted by molar-refractivity contribution is -0.129. The smallest absolute Gasteiger partial charge is 0.230 e. The summed E-state index contributed by atoms with van der Waals surface area (Å²) in [7, 11) is 0. The number of aliphatic hydroxyl groups is 2. The van der Waals surface area contributed by atoms with E-state index in [1.165, 1.54) is 4.90 Å². The van der Waals surface area contributed by atoms with Crippen molar-refractivity contribution in [1.82, 2.24) is 4.90 Å². The zero-order valence-electron chi connectivity index (χ0n) is 6.56. The van der Waals surface area contributed by atoms with Gasteiger partial charge in [-0.15, -0.1) is 0 Å². The Labute approximate surface area is 69.6 Å². The van der Waals surface area contributed by atoms with Crippen LogP contribution in [0.3, 0.4) is 0 Å². The Morgan fingerprint density at radius 2 is 2.17 bits per heavy atom. The van der Waals surface area contributed by atoms with E-state index in [1.54, 1.807) is 0 Å². The Balaban J connectivity index is 2.43. The summed E-state index contributed by atoms with van der Waals surface area (Å²) >= 11 is 0. The number of Topliss-reactive ketones (excluding diaryl/α,β-unsaturated/α-hetero) is 1. The van der Waals surface area contributed by atoms with E-state index in [1.807, 2.05) is 0 Å². The molecule has 1 saturated heterocycles. The molecule has 0 aromatic carbocycles. The summed E-state index contributed by atoms with van der Waals surface area (Å²) in [5.41, 5.74) is 0. The second kappa shape index (κ2) is 3.64. The summed E-state index contributed by atoms with van der Waals surface area (Å²) in [6.45, 7) is -0.283. The van der Waals surface area contributed by atoms with E-state index in [0.717, 1.165) is 0 Å². The number of aliphatic hydroxyl groups excluding tert-OH is 2. The van der Waals surface area contributed by atoms with Crippen molar-refractivity contribution in [3.8, 4) is 0 Å². The van der Waals surface area contributed by atoms with E-state index < -0.39 is 12.7 Å². The molecule has 68 valence electrons. The number of carbonyl (C=O) groups is 2. The summed E-state index contributed by atoms with van der Waals surface area (Å²) in [5.74, 6) is -0.405. The highest BCUT2D eigenvalue weighted by Crippen LogP contribution is 2.06. The first-order chi connectivity index (χ1) is 5.63. The molecular weight excluding hydrogens is 162 g/mol.